The summed E-state index contributed by atoms with van der Waals surface area (Å²) in [6.45, 7) is 7.12. The van der Waals surface area contributed by atoms with Gasteiger partial charge in [0.05, 0.1) is 18.5 Å². The normalized spacial score (nSPS) is 14.0. The molecule has 0 saturated carbocycles. The van der Waals surface area contributed by atoms with Crippen molar-refractivity contribution in [1.29, 1.82) is 0 Å². The lowest BCUT2D eigenvalue weighted by Crippen LogP contribution is -2.31. The highest BCUT2D eigenvalue weighted by Crippen LogP contribution is 2.34. The summed E-state index contributed by atoms with van der Waals surface area (Å²) in [4.78, 5) is 23.2. The van der Waals surface area contributed by atoms with Crippen molar-refractivity contribution < 1.29 is 0 Å². The Morgan fingerprint density at radius 3 is 2.66 bits per heavy atom. The number of hydrogen-bond acceptors (Lipinski definition) is 4. The van der Waals surface area contributed by atoms with Crippen LogP contribution in [0.15, 0.2) is 23.0 Å². The van der Waals surface area contributed by atoms with Crippen molar-refractivity contribution in [2.45, 2.75) is 52.6 Å². The summed E-state index contributed by atoms with van der Waals surface area (Å²) in [6.07, 6.45) is 4.37. The third-order valence-electron chi connectivity index (χ3n) is 5.76. The molecule has 0 bridgehead atoms. The van der Waals surface area contributed by atoms with Gasteiger partial charge in [0.1, 0.15) is 10.7 Å². The molecule has 2 aromatic heterocycles. The molecule has 0 atom stereocenters. The molecule has 0 fully saturated rings. The zero-order chi connectivity index (χ0) is 20.5. The van der Waals surface area contributed by atoms with Gasteiger partial charge in [-0.05, 0) is 62.0 Å². The molecule has 0 unspecified atom stereocenters. The smallest absolute Gasteiger partial charge is 0.262 e. The lowest BCUT2D eigenvalue weighted by atomic mass is 9.97. The van der Waals surface area contributed by atoms with Crippen molar-refractivity contribution in [1.82, 2.24) is 14.5 Å². The molecule has 29 heavy (non-hydrogen) atoms. The van der Waals surface area contributed by atoms with Crippen molar-refractivity contribution in [3.63, 3.8) is 0 Å². The van der Waals surface area contributed by atoms with E-state index in [2.05, 4.69) is 18.7 Å². The third kappa shape index (κ3) is 4.11. The van der Waals surface area contributed by atoms with E-state index in [0.717, 1.165) is 54.0 Å². The van der Waals surface area contributed by atoms with Crippen LogP contribution in [0.1, 0.15) is 48.5 Å². The fraction of sp³-hybridized carbons (Fsp3) is 0.455. The van der Waals surface area contributed by atoms with Crippen molar-refractivity contribution in [2.24, 2.45) is 0 Å². The van der Waals surface area contributed by atoms with E-state index < -0.39 is 0 Å². The fourth-order valence-electron chi connectivity index (χ4n) is 4.03. The molecule has 1 aliphatic carbocycles. The van der Waals surface area contributed by atoms with Crippen LogP contribution in [0, 0.1) is 0 Å². The summed E-state index contributed by atoms with van der Waals surface area (Å²) in [7, 11) is 0. The maximum Gasteiger partial charge on any atom is 0.262 e. The van der Waals surface area contributed by atoms with E-state index >= 15 is 0 Å². The molecule has 4 nitrogen and oxygen atoms in total. The zero-order valence-corrected chi connectivity index (χ0v) is 19.1. The van der Waals surface area contributed by atoms with E-state index in [1.165, 1.54) is 16.9 Å². The van der Waals surface area contributed by atoms with Gasteiger partial charge in [0.25, 0.3) is 5.56 Å². The summed E-state index contributed by atoms with van der Waals surface area (Å²) in [6, 6.07) is 5.44. The van der Waals surface area contributed by atoms with Gasteiger partial charge in [0, 0.05) is 14.9 Å². The van der Waals surface area contributed by atoms with Gasteiger partial charge >= 0.3 is 0 Å². The molecule has 7 heteroatoms. The first-order valence-corrected chi connectivity index (χ1v) is 11.8. The number of aryl methyl sites for hydroxylation is 2. The number of nitrogens with zero attached hydrogens (tertiary/aromatic N) is 3. The van der Waals surface area contributed by atoms with Gasteiger partial charge in [-0.1, -0.05) is 43.1 Å². The first kappa shape index (κ1) is 20.9. The number of benzene rings is 1. The molecule has 0 spiro atoms. The molecule has 4 rings (SSSR count). The van der Waals surface area contributed by atoms with Crippen LogP contribution in [-0.4, -0.2) is 27.5 Å². The van der Waals surface area contributed by atoms with E-state index in [1.807, 2.05) is 16.7 Å². The first-order valence-electron chi connectivity index (χ1n) is 10.2. The van der Waals surface area contributed by atoms with E-state index in [4.69, 9.17) is 28.2 Å². The maximum absolute atomic E-state index is 13.7. The molecule has 0 saturated heterocycles. The Hall–Kier alpha value is -1.40. The van der Waals surface area contributed by atoms with Gasteiger partial charge in [-0.15, -0.1) is 11.3 Å². The van der Waals surface area contributed by atoms with Gasteiger partial charge in [-0.2, -0.15) is 0 Å². The Morgan fingerprint density at radius 2 is 1.93 bits per heavy atom. The minimum absolute atomic E-state index is 0.0579. The van der Waals surface area contributed by atoms with Crippen molar-refractivity contribution in [3.8, 4) is 0 Å². The van der Waals surface area contributed by atoms with E-state index in [1.54, 1.807) is 17.4 Å². The van der Waals surface area contributed by atoms with E-state index in [9.17, 15) is 4.79 Å². The van der Waals surface area contributed by atoms with Crippen LogP contribution in [0.25, 0.3) is 10.2 Å². The van der Waals surface area contributed by atoms with Crippen LogP contribution in [0.4, 0.5) is 0 Å². The number of hydrogen-bond donors (Lipinski definition) is 0. The summed E-state index contributed by atoms with van der Waals surface area (Å²) in [5, 5.41) is 1.98. The molecule has 1 aliphatic rings. The number of halogens is 2. The molecule has 0 radical (unpaired) electrons. The Morgan fingerprint density at radius 1 is 1.17 bits per heavy atom. The molecule has 0 N–H and O–H groups in total. The predicted octanol–water partition coefficient (Wildman–Crippen LogP) is 5.53. The summed E-state index contributed by atoms with van der Waals surface area (Å²) in [5.41, 5.74) is 2.16. The summed E-state index contributed by atoms with van der Waals surface area (Å²) >= 11 is 14.2. The topological polar surface area (TPSA) is 38.1 Å². The highest BCUT2D eigenvalue weighted by Gasteiger charge is 2.23. The standard InChI is InChI=1S/C22H25Cl2N3OS/c1-3-26(4-2)13-19-25-21-20(16-7-5-6-8-18(16)29-21)22(28)27(19)12-14-9-10-15(23)11-17(14)24/h9-11H,3-8,12-13H2,1-2H3. The van der Waals surface area contributed by atoms with Gasteiger partial charge in [-0.3, -0.25) is 14.3 Å². The van der Waals surface area contributed by atoms with Crippen molar-refractivity contribution in [2.75, 3.05) is 13.1 Å². The number of thiophene rings is 1. The Bertz CT molecular complexity index is 1100. The SMILES string of the molecule is CCN(CC)Cc1nc2sc3c(c2c(=O)n1Cc1ccc(Cl)cc1Cl)CCCC3. The molecule has 3 aromatic rings. The van der Waals surface area contributed by atoms with Crippen molar-refractivity contribution in [3.05, 3.63) is 60.4 Å². The second kappa shape index (κ2) is 8.76. The maximum atomic E-state index is 13.7. The van der Waals surface area contributed by atoms with Crippen LogP contribution < -0.4 is 5.56 Å². The lowest BCUT2D eigenvalue weighted by molar-refractivity contribution is 0.282. The fourth-order valence-corrected chi connectivity index (χ4v) is 5.77. The average Bonchev–Trinajstić information content (AvgIpc) is 3.08. The van der Waals surface area contributed by atoms with Gasteiger partial charge < -0.3 is 0 Å². The molecule has 0 aliphatic heterocycles. The largest absolute Gasteiger partial charge is 0.297 e. The van der Waals surface area contributed by atoms with E-state index in [-0.39, 0.29) is 5.56 Å². The van der Waals surface area contributed by atoms with Crippen LogP contribution >= 0.6 is 34.5 Å². The van der Waals surface area contributed by atoms with Crippen LogP contribution in [0.5, 0.6) is 0 Å². The molecule has 0 amide bonds. The molecule has 2 heterocycles. The number of aromatic nitrogens is 2. The Kier molecular flexibility index (Phi) is 6.30. The quantitative estimate of drug-likeness (QED) is 0.496. The van der Waals surface area contributed by atoms with Crippen LogP contribution in [0.2, 0.25) is 10.0 Å². The second-order valence-corrected chi connectivity index (χ2v) is 9.43. The predicted molar refractivity (Wildman–Crippen MR) is 123 cm³/mol. The number of fused-ring (bicyclic) bond motifs is 3. The molecule has 154 valence electrons. The molecule has 1 aromatic carbocycles. The monoisotopic (exact) mass is 449 g/mol. The summed E-state index contributed by atoms with van der Waals surface area (Å²) < 4.78 is 1.82. The van der Waals surface area contributed by atoms with Crippen LogP contribution in [0.3, 0.4) is 0 Å². The Labute approximate surface area is 185 Å². The van der Waals surface area contributed by atoms with Crippen molar-refractivity contribution >= 4 is 44.8 Å². The van der Waals surface area contributed by atoms with Gasteiger partial charge in [0.15, 0.2) is 0 Å². The zero-order valence-electron chi connectivity index (χ0n) is 16.8. The number of rotatable bonds is 6. The van der Waals surface area contributed by atoms with Gasteiger partial charge in [-0.25, -0.2) is 4.98 Å². The third-order valence-corrected chi connectivity index (χ3v) is 7.53. The minimum atomic E-state index is 0.0579. The van der Waals surface area contributed by atoms with E-state index in [0.29, 0.717) is 23.1 Å². The Balaban J connectivity index is 1.88. The minimum Gasteiger partial charge on any atom is -0.297 e. The molecular formula is C22H25Cl2N3OS. The lowest BCUT2D eigenvalue weighted by Gasteiger charge is -2.21. The highest BCUT2D eigenvalue weighted by atomic mass is 35.5. The second-order valence-electron chi connectivity index (χ2n) is 7.51. The molecular weight excluding hydrogens is 425 g/mol. The van der Waals surface area contributed by atoms with Gasteiger partial charge in [0.2, 0.25) is 0 Å². The summed E-state index contributed by atoms with van der Waals surface area (Å²) in [5.74, 6) is 0.802. The highest BCUT2D eigenvalue weighted by molar-refractivity contribution is 7.18. The average molecular weight is 450 g/mol. The first-order chi connectivity index (χ1) is 14.0. The van der Waals surface area contributed by atoms with Crippen LogP contribution in [-0.2, 0) is 25.9 Å².